The number of carbonyl (C=O) groups excluding carboxylic acids is 1. The van der Waals surface area contributed by atoms with Gasteiger partial charge in [-0.3, -0.25) is 4.79 Å². The number of hydrogen-bond donors (Lipinski definition) is 2. The lowest BCUT2D eigenvalue weighted by Gasteiger charge is -2.63. The Morgan fingerprint density at radius 1 is 1.30 bits per heavy atom. The minimum absolute atomic E-state index is 0.0917. The lowest BCUT2D eigenvalue weighted by molar-refractivity contribution is -0.250. The largest absolute Gasteiger partial charge is 0.459 e. The molecule has 4 fully saturated rings. The van der Waals surface area contributed by atoms with E-state index in [4.69, 9.17) is 4.74 Å². The lowest BCUT2D eigenvalue weighted by Crippen LogP contribution is -2.65. The molecule has 0 aromatic heterocycles. The second kappa shape index (κ2) is 4.44. The number of esters is 1. The Labute approximate surface area is 120 Å². The standard InChI is InChI=1S/C16H26O4/c1-3-11(2)13(18)20-16-6-12-4-14(8-16,10-17)7-15(19,5-12)9-16/h11-12,17,19H,3-10H2,1-2H3. The average molecular weight is 282 g/mol. The van der Waals surface area contributed by atoms with Gasteiger partial charge in [-0.2, -0.15) is 0 Å². The molecule has 0 aliphatic heterocycles. The van der Waals surface area contributed by atoms with Gasteiger partial charge in [-0.1, -0.05) is 13.8 Å². The van der Waals surface area contributed by atoms with Crippen molar-refractivity contribution in [1.82, 2.24) is 0 Å². The molecule has 114 valence electrons. The van der Waals surface area contributed by atoms with E-state index in [1.54, 1.807) is 0 Å². The van der Waals surface area contributed by atoms with Crippen LogP contribution in [0.15, 0.2) is 0 Å². The van der Waals surface area contributed by atoms with E-state index >= 15 is 0 Å². The first-order chi connectivity index (χ1) is 9.33. The zero-order chi connectivity index (χ0) is 14.6. The summed E-state index contributed by atoms with van der Waals surface area (Å²) in [5, 5.41) is 20.6. The fourth-order valence-corrected chi connectivity index (χ4v) is 5.26. The number of aliphatic hydroxyl groups is 2. The predicted molar refractivity (Wildman–Crippen MR) is 73.9 cm³/mol. The van der Waals surface area contributed by atoms with Crippen molar-refractivity contribution in [2.24, 2.45) is 17.3 Å². The van der Waals surface area contributed by atoms with Crippen molar-refractivity contribution in [3.63, 3.8) is 0 Å². The second-order valence-corrected chi connectivity index (χ2v) is 7.80. The van der Waals surface area contributed by atoms with Gasteiger partial charge < -0.3 is 14.9 Å². The lowest BCUT2D eigenvalue weighted by atomic mass is 9.46. The van der Waals surface area contributed by atoms with Gasteiger partial charge in [0.25, 0.3) is 0 Å². The third-order valence-corrected chi connectivity index (χ3v) is 5.77. The van der Waals surface area contributed by atoms with Crippen LogP contribution in [0.1, 0.15) is 58.8 Å². The van der Waals surface area contributed by atoms with Gasteiger partial charge in [0.05, 0.1) is 11.5 Å². The van der Waals surface area contributed by atoms with Crippen molar-refractivity contribution >= 4 is 5.97 Å². The quantitative estimate of drug-likeness (QED) is 0.774. The molecule has 20 heavy (non-hydrogen) atoms. The molecule has 5 unspecified atom stereocenters. The number of aliphatic hydroxyl groups excluding tert-OH is 1. The van der Waals surface area contributed by atoms with E-state index < -0.39 is 11.2 Å². The molecule has 0 radical (unpaired) electrons. The van der Waals surface area contributed by atoms with E-state index in [0.29, 0.717) is 18.8 Å². The Bertz CT molecular complexity index is 423. The first-order valence-corrected chi connectivity index (χ1v) is 7.89. The van der Waals surface area contributed by atoms with Crippen LogP contribution >= 0.6 is 0 Å². The van der Waals surface area contributed by atoms with E-state index in [0.717, 1.165) is 32.1 Å². The van der Waals surface area contributed by atoms with Gasteiger partial charge in [0.2, 0.25) is 0 Å². The summed E-state index contributed by atoms with van der Waals surface area (Å²) in [6.07, 6.45) is 5.34. The summed E-state index contributed by atoms with van der Waals surface area (Å²) in [4.78, 5) is 12.2. The third-order valence-electron chi connectivity index (χ3n) is 5.77. The molecule has 4 rings (SSSR count). The Balaban J connectivity index is 1.85. The molecular formula is C16H26O4. The molecule has 5 atom stereocenters. The molecule has 4 nitrogen and oxygen atoms in total. The Morgan fingerprint density at radius 3 is 2.65 bits per heavy atom. The Morgan fingerprint density at radius 2 is 2.05 bits per heavy atom. The molecule has 4 aliphatic rings. The first-order valence-electron chi connectivity index (χ1n) is 7.89. The Hall–Kier alpha value is -0.610. The van der Waals surface area contributed by atoms with Gasteiger partial charge in [-0.15, -0.1) is 0 Å². The maximum absolute atomic E-state index is 12.2. The summed E-state index contributed by atoms with van der Waals surface area (Å²) in [6, 6.07) is 0. The van der Waals surface area contributed by atoms with Crippen LogP contribution in [0.4, 0.5) is 0 Å². The summed E-state index contributed by atoms with van der Waals surface area (Å²) in [5.41, 5.74) is -1.50. The molecule has 4 saturated carbocycles. The van der Waals surface area contributed by atoms with Gasteiger partial charge >= 0.3 is 5.97 Å². The highest BCUT2D eigenvalue weighted by atomic mass is 16.6. The number of carbonyl (C=O) groups is 1. The molecule has 0 aromatic carbocycles. The van der Waals surface area contributed by atoms with Gasteiger partial charge in [0.1, 0.15) is 5.60 Å². The van der Waals surface area contributed by atoms with Crippen LogP contribution < -0.4 is 0 Å². The van der Waals surface area contributed by atoms with Crippen LogP contribution in [0.3, 0.4) is 0 Å². The van der Waals surface area contributed by atoms with E-state index in [2.05, 4.69) is 0 Å². The zero-order valence-electron chi connectivity index (χ0n) is 12.5. The Kier molecular flexibility index (Phi) is 3.18. The highest BCUT2D eigenvalue weighted by Gasteiger charge is 2.64. The van der Waals surface area contributed by atoms with E-state index in [1.807, 2.05) is 13.8 Å². The summed E-state index contributed by atoms with van der Waals surface area (Å²) in [5.74, 6) is 0.141. The van der Waals surface area contributed by atoms with E-state index in [1.165, 1.54) is 0 Å². The van der Waals surface area contributed by atoms with Crippen molar-refractivity contribution < 1.29 is 19.7 Å². The topological polar surface area (TPSA) is 66.8 Å². The molecule has 0 heterocycles. The van der Waals surface area contributed by atoms with Crippen molar-refractivity contribution in [2.45, 2.75) is 70.0 Å². The summed E-state index contributed by atoms with van der Waals surface area (Å²) in [6.45, 7) is 3.96. The average Bonchev–Trinajstić information content (AvgIpc) is 2.34. The molecule has 4 heteroatoms. The van der Waals surface area contributed by atoms with Crippen molar-refractivity contribution in [3.05, 3.63) is 0 Å². The van der Waals surface area contributed by atoms with Gasteiger partial charge in [-0.25, -0.2) is 0 Å². The smallest absolute Gasteiger partial charge is 0.309 e. The van der Waals surface area contributed by atoms with Crippen molar-refractivity contribution in [2.75, 3.05) is 6.61 Å². The molecule has 4 aliphatic carbocycles. The van der Waals surface area contributed by atoms with Crippen LogP contribution in [-0.4, -0.2) is 34.0 Å². The van der Waals surface area contributed by atoms with Crippen LogP contribution in [0.5, 0.6) is 0 Å². The van der Waals surface area contributed by atoms with Gasteiger partial charge in [-0.05, 0) is 44.4 Å². The van der Waals surface area contributed by atoms with Gasteiger partial charge in [0, 0.05) is 18.4 Å². The van der Waals surface area contributed by atoms with Crippen molar-refractivity contribution in [3.8, 4) is 0 Å². The third kappa shape index (κ3) is 2.17. The first kappa shape index (κ1) is 14.3. The van der Waals surface area contributed by atoms with E-state index in [-0.39, 0.29) is 23.9 Å². The fraction of sp³-hybridized carbons (Fsp3) is 0.938. The molecule has 4 bridgehead atoms. The number of rotatable bonds is 4. The molecule has 0 spiro atoms. The normalized spacial score (nSPS) is 47.3. The highest BCUT2D eigenvalue weighted by molar-refractivity contribution is 5.72. The van der Waals surface area contributed by atoms with E-state index in [9.17, 15) is 15.0 Å². The molecular weight excluding hydrogens is 256 g/mol. The minimum atomic E-state index is -0.738. The maximum atomic E-state index is 12.2. The molecule has 0 saturated heterocycles. The van der Waals surface area contributed by atoms with Crippen LogP contribution in [0, 0.1) is 17.3 Å². The fourth-order valence-electron chi connectivity index (χ4n) is 5.26. The predicted octanol–water partition coefficient (Wildman–Crippen LogP) is 2.02. The zero-order valence-corrected chi connectivity index (χ0v) is 12.5. The van der Waals surface area contributed by atoms with Crippen LogP contribution in [-0.2, 0) is 9.53 Å². The SMILES string of the molecule is CCC(C)C(=O)OC12CC3CC(O)(CC(CO)(C3)C1)C2. The van der Waals surface area contributed by atoms with Crippen LogP contribution in [0.2, 0.25) is 0 Å². The summed E-state index contributed by atoms with van der Waals surface area (Å²) < 4.78 is 5.89. The molecule has 0 amide bonds. The summed E-state index contributed by atoms with van der Waals surface area (Å²) >= 11 is 0. The molecule has 0 aromatic rings. The minimum Gasteiger partial charge on any atom is -0.459 e. The molecule has 2 N–H and O–H groups in total. The summed E-state index contributed by atoms with van der Waals surface area (Å²) in [7, 11) is 0. The monoisotopic (exact) mass is 282 g/mol. The van der Waals surface area contributed by atoms with Crippen molar-refractivity contribution in [1.29, 1.82) is 0 Å². The number of ether oxygens (including phenoxy) is 1. The number of hydrogen-bond acceptors (Lipinski definition) is 4. The maximum Gasteiger partial charge on any atom is 0.309 e. The highest BCUT2D eigenvalue weighted by Crippen LogP contribution is 2.64. The van der Waals surface area contributed by atoms with Crippen LogP contribution in [0.25, 0.3) is 0 Å². The van der Waals surface area contributed by atoms with Gasteiger partial charge in [0.15, 0.2) is 0 Å². The second-order valence-electron chi connectivity index (χ2n) is 7.80.